The summed E-state index contributed by atoms with van der Waals surface area (Å²) in [6.45, 7) is 0. The third-order valence-corrected chi connectivity index (χ3v) is 3.98. The zero-order chi connectivity index (χ0) is 14.0. The molecule has 100 valence electrons. The molecule has 0 saturated heterocycles. The summed E-state index contributed by atoms with van der Waals surface area (Å²) < 4.78 is 28.5. The Hall–Kier alpha value is -0.780. The largest absolute Gasteiger partial charge is 0.388 e. The minimum atomic E-state index is -1.23. The number of aliphatic hydroxyl groups is 1. The van der Waals surface area contributed by atoms with Crippen LogP contribution in [0.3, 0.4) is 0 Å². The molecule has 0 heterocycles. The molecule has 1 N–H and O–H groups in total. The lowest BCUT2D eigenvalue weighted by Crippen LogP contribution is -2.08. The maximum Gasteiger partial charge on any atom is 0.133 e. The second-order valence-electron chi connectivity index (χ2n) is 4.09. The molecular weight excluding hydrogens is 382 g/mol. The van der Waals surface area contributed by atoms with E-state index in [9.17, 15) is 13.9 Å². The van der Waals surface area contributed by atoms with Crippen LogP contribution < -0.4 is 0 Å². The molecule has 2 aromatic carbocycles. The molecule has 0 aliphatic rings. The standard InChI is InChI=1S/C14H10Br2F2O/c15-9-6-11(17)14(12(18)7-9)13(19)5-8-3-1-2-4-10(8)16/h1-4,6-7,13,19H,5H2. The van der Waals surface area contributed by atoms with E-state index in [2.05, 4.69) is 31.9 Å². The van der Waals surface area contributed by atoms with Crippen LogP contribution in [0.25, 0.3) is 0 Å². The SMILES string of the molecule is OC(Cc1ccccc1Br)c1c(F)cc(Br)cc1F. The lowest BCUT2D eigenvalue weighted by molar-refractivity contribution is 0.168. The zero-order valence-corrected chi connectivity index (χ0v) is 12.9. The van der Waals surface area contributed by atoms with Gasteiger partial charge in [-0.05, 0) is 23.8 Å². The van der Waals surface area contributed by atoms with Gasteiger partial charge in [0.15, 0.2) is 0 Å². The molecule has 0 radical (unpaired) electrons. The predicted octanol–water partition coefficient (Wildman–Crippen LogP) is 4.77. The molecule has 1 nitrogen and oxygen atoms in total. The average Bonchev–Trinajstić information content (AvgIpc) is 2.30. The summed E-state index contributed by atoms with van der Waals surface area (Å²) in [7, 11) is 0. The van der Waals surface area contributed by atoms with Crippen molar-refractivity contribution in [1.29, 1.82) is 0 Å². The highest BCUT2D eigenvalue weighted by Crippen LogP contribution is 2.29. The van der Waals surface area contributed by atoms with Crippen LogP contribution in [-0.2, 0) is 6.42 Å². The van der Waals surface area contributed by atoms with Gasteiger partial charge >= 0.3 is 0 Å². The lowest BCUT2D eigenvalue weighted by atomic mass is 10.0. The fraction of sp³-hybridized carbons (Fsp3) is 0.143. The van der Waals surface area contributed by atoms with E-state index in [1.807, 2.05) is 12.1 Å². The topological polar surface area (TPSA) is 20.2 Å². The molecule has 0 aliphatic carbocycles. The Labute approximate surface area is 126 Å². The third-order valence-electron chi connectivity index (χ3n) is 2.75. The van der Waals surface area contributed by atoms with Crippen LogP contribution in [0.4, 0.5) is 8.78 Å². The highest BCUT2D eigenvalue weighted by Gasteiger charge is 2.20. The molecule has 19 heavy (non-hydrogen) atoms. The van der Waals surface area contributed by atoms with Gasteiger partial charge in [0.2, 0.25) is 0 Å². The van der Waals surface area contributed by atoms with Crippen molar-refractivity contribution in [2.24, 2.45) is 0 Å². The molecular formula is C14H10Br2F2O. The highest BCUT2D eigenvalue weighted by atomic mass is 79.9. The van der Waals surface area contributed by atoms with Gasteiger partial charge in [-0.25, -0.2) is 8.78 Å². The Kier molecular flexibility index (Phi) is 4.71. The van der Waals surface area contributed by atoms with Crippen molar-refractivity contribution in [2.75, 3.05) is 0 Å². The van der Waals surface area contributed by atoms with E-state index in [4.69, 9.17) is 0 Å². The Morgan fingerprint density at radius 3 is 2.21 bits per heavy atom. The number of benzene rings is 2. The smallest absolute Gasteiger partial charge is 0.133 e. The monoisotopic (exact) mass is 390 g/mol. The maximum atomic E-state index is 13.7. The van der Waals surface area contributed by atoms with Crippen molar-refractivity contribution in [3.8, 4) is 0 Å². The third kappa shape index (κ3) is 3.41. The molecule has 2 aromatic rings. The van der Waals surface area contributed by atoms with Crippen LogP contribution in [0.1, 0.15) is 17.2 Å². The lowest BCUT2D eigenvalue weighted by Gasteiger charge is -2.14. The van der Waals surface area contributed by atoms with Crippen LogP contribution in [-0.4, -0.2) is 5.11 Å². The Morgan fingerprint density at radius 2 is 1.63 bits per heavy atom. The first-order valence-electron chi connectivity index (χ1n) is 5.55. The van der Waals surface area contributed by atoms with Gasteiger partial charge < -0.3 is 5.11 Å². The van der Waals surface area contributed by atoms with Gasteiger partial charge in [-0.3, -0.25) is 0 Å². The van der Waals surface area contributed by atoms with Crippen molar-refractivity contribution in [3.63, 3.8) is 0 Å². The van der Waals surface area contributed by atoms with Crippen molar-refractivity contribution in [1.82, 2.24) is 0 Å². The number of hydrogen-bond acceptors (Lipinski definition) is 1. The van der Waals surface area contributed by atoms with Crippen molar-refractivity contribution >= 4 is 31.9 Å². The minimum Gasteiger partial charge on any atom is -0.388 e. The van der Waals surface area contributed by atoms with Gasteiger partial charge in [0.25, 0.3) is 0 Å². The number of hydrogen-bond donors (Lipinski definition) is 1. The summed E-state index contributed by atoms with van der Waals surface area (Å²) in [4.78, 5) is 0. The molecule has 2 rings (SSSR count). The molecule has 0 aliphatic heterocycles. The summed E-state index contributed by atoms with van der Waals surface area (Å²) in [5.74, 6) is -1.52. The molecule has 0 spiro atoms. The van der Waals surface area contributed by atoms with Crippen molar-refractivity contribution in [2.45, 2.75) is 12.5 Å². The average molecular weight is 392 g/mol. The molecule has 0 saturated carbocycles. The van der Waals surface area contributed by atoms with E-state index in [1.54, 1.807) is 12.1 Å². The second kappa shape index (κ2) is 6.11. The van der Waals surface area contributed by atoms with Gasteiger partial charge in [0.1, 0.15) is 11.6 Å². The van der Waals surface area contributed by atoms with E-state index >= 15 is 0 Å². The van der Waals surface area contributed by atoms with Gasteiger partial charge in [0, 0.05) is 15.4 Å². The number of rotatable bonds is 3. The van der Waals surface area contributed by atoms with Crippen LogP contribution in [0.5, 0.6) is 0 Å². The minimum absolute atomic E-state index is 0.136. The first-order valence-corrected chi connectivity index (χ1v) is 7.13. The summed E-state index contributed by atoms with van der Waals surface area (Å²) in [5, 5.41) is 10.0. The van der Waals surface area contributed by atoms with Gasteiger partial charge in [-0.15, -0.1) is 0 Å². The van der Waals surface area contributed by atoms with E-state index in [1.165, 1.54) is 0 Å². The normalized spacial score (nSPS) is 12.5. The van der Waals surface area contributed by atoms with Gasteiger partial charge in [0.05, 0.1) is 11.7 Å². The van der Waals surface area contributed by atoms with E-state index < -0.39 is 17.7 Å². The van der Waals surface area contributed by atoms with Crippen LogP contribution in [0.2, 0.25) is 0 Å². The fourth-order valence-electron chi connectivity index (χ4n) is 1.85. The first kappa shape index (κ1) is 14.6. The first-order chi connectivity index (χ1) is 8.99. The number of halogens is 4. The van der Waals surface area contributed by atoms with Gasteiger partial charge in [-0.2, -0.15) is 0 Å². The van der Waals surface area contributed by atoms with Crippen molar-refractivity contribution in [3.05, 3.63) is 68.1 Å². The zero-order valence-electron chi connectivity index (χ0n) is 9.71. The summed E-state index contributed by atoms with van der Waals surface area (Å²) in [6, 6.07) is 9.53. The summed E-state index contributed by atoms with van der Waals surface area (Å²) in [6.07, 6.45) is -1.09. The molecule has 5 heteroatoms. The second-order valence-corrected chi connectivity index (χ2v) is 5.86. The van der Waals surface area contributed by atoms with E-state index in [-0.39, 0.29) is 12.0 Å². The fourth-order valence-corrected chi connectivity index (χ4v) is 2.69. The van der Waals surface area contributed by atoms with Crippen LogP contribution in [0, 0.1) is 11.6 Å². The van der Waals surface area contributed by atoms with Crippen LogP contribution >= 0.6 is 31.9 Å². The molecule has 0 aromatic heterocycles. The number of aliphatic hydroxyl groups excluding tert-OH is 1. The Morgan fingerprint density at radius 1 is 1.05 bits per heavy atom. The molecule has 0 bridgehead atoms. The summed E-state index contributed by atoms with van der Waals surface area (Å²) >= 11 is 6.35. The van der Waals surface area contributed by atoms with Gasteiger partial charge in [-0.1, -0.05) is 50.1 Å². The molecule has 1 atom stereocenters. The molecule has 1 unspecified atom stereocenters. The van der Waals surface area contributed by atoms with Crippen molar-refractivity contribution < 1.29 is 13.9 Å². The molecule has 0 fully saturated rings. The molecule has 0 amide bonds. The maximum absolute atomic E-state index is 13.7. The Bertz CT molecular complexity index is 579. The predicted molar refractivity (Wildman–Crippen MR) is 76.9 cm³/mol. The quantitative estimate of drug-likeness (QED) is 0.799. The Balaban J connectivity index is 2.31. The van der Waals surface area contributed by atoms with E-state index in [0.717, 1.165) is 22.2 Å². The van der Waals surface area contributed by atoms with Crippen LogP contribution in [0.15, 0.2) is 45.3 Å². The highest BCUT2D eigenvalue weighted by molar-refractivity contribution is 9.10. The summed E-state index contributed by atoms with van der Waals surface area (Å²) in [5.41, 5.74) is 0.482. The van der Waals surface area contributed by atoms with E-state index in [0.29, 0.717) is 4.47 Å².